The van der Waals surface area contributed by atoms with E-state index in [-0.39, 0.29) is 5.56 Å². The molecule has 1 amide bonds. The molecule has 0 unspecified atom stereocenters. The highest BCUT2D eigenvalue weighted by molar-refractivity contribution is 5.94. The van der Waals surface area contributed by atoms with Crippen molar-refractivity contribution in [1.82, 2.24) is 20.0 Å². The number of pyridine rings is 1. The maximum absolute atomic E-state index is 12.2. The normalized spacial score (nSPS) is 10.9. The molecular weight excluding hydrogens is 362 g/mol. The summed E-state index contributed by atoms with van der Waals surface area (Å²) in [5.74, 6) is -1.10. The summed E-state index contributed by atoms with van der Waals surface area (Å²) >= 11 is 0. The smallest absolute Gasteiger partial charge is 0.335 e. The molecule has 0 fully saturated rings. The molecular formula is C19H17N5O4. The van der Waals surface area contributed by atoms with Crippen LogP contribution < -0.4 is 16.7 Å². The Morgan fingerprint density at radius 3 is 2.54 bits per heavy atom. The number of nitrogens with one attached hydrogen (secondary N) is 2. The van der Waals surface area contributed by atoms with E-state index < -0.39 is 23.0 Å². The summed E-state index contributed by atoms with van der Waals surface area (Å²) in [6.07, 6.45) is 4.70. The van der Waals surface area contributed by atoms with Crippen LogP contribution in [0, 0.1) is 0 Å². The van der Waals surface area contributed by atoms with Gasteiger partial charge in [-0.25, -0.2) is 14.8 Å². The van der Waals surface area contributed by atoms with Crippen LogP contribution in [0.4, 0.5) is 0 Å². The highest BCUT2D eigenvalue weighted by Gasteiger charge is 2.14. The van der Waals surface area contributed by atoms with E-state index in [2.05, 4.69) is 20.5 Å². The molecule has 0 spiro atoms. The van der Waals surface area contributed by atoms with E-state index in [0.29, 0.717) is 11.3 Å². The van der Waals surface area contributed by atoms with Crippen LogP contribution in [0.3, 0.4) is 0 Å². The molecule has 3 aromatic rings. The van der Waals surface area contributed by atoms with Crippen LogP contribution in [0.2, 0.25) is 0 Å². The topological polar surface area (TPSA) is 129 Å². The molecule has 0 aliphatic rings. The van der Waals surface area contributed by atoms with Crippen LogP contribution in [0.5, 0.6) is 5.88 Å². The quantitative estimate of drug-likeness (QED) is 0.449. The minimum absolute atomic E-state index is 0.269. The third kappa shape index (κ3) is 3.88. The predicted molar refractivity (Wildman–Crippen MR) is 103 cm³/mol. The molecule has 0 saturated carbocycles. The van der Waals surface area contributed by atoms with E-state index in [4.69, 9.17) is 0 Å². The molecule has 2 aromatic heterocycles. The lowest BCUT2D eigenvalue weighted by molar-refractivity contribution is 0.0955. The number of amides is 1. The Hall–Kier alpha value is -4.01. The number of aryl methyl sites for hydroxylation is 1. The first-order valence-electron chi connectivity index (χ1n) is 8.42. The third-order valence-corrected chi connectivity index (χ3v) is 4.03. The summed E-state index contributed by atoms with van der Waals surface area (Å²) in [5.41, 5.74) is 2.12. The van der Waals surface area contributed by atoms with Gasteiger partial charge < -0.3 is 5.11 Å². The fourth-order valence-electron chi connectivity index (χ4n) is 2.50. The van der Waals surface area contributed by atoms with Gasteiger partial charge in [-0.1, -0.05) is 19.1 Å². The number of aromatic amines is 1. The minimum Gasteiger partial charge on any atom is -0.493 e. The Kier molecular flexibility index (Phi) is 5.45. The highest BCUT2D eigenvalue weighted by atomic mass is 16.3. The maximum atomic E-state index is 12.2. The van der Waals surface area contributed by atoms with E-state index in [1.165, 1.54) is 24.5 Å². The largest absolute Gasteiger partial charge is 0.493 e. The number of hydrazone groups is 1. The first-order chi connectivity index (χ1) is 13.5. The van der Waals surface area contributed by atoms with Crippen LogP contribution in [0.15, 0.2) is 63.5 Å². The second kappa shape index (κ2) is 8.12. The standard InChI is InChI=1S/C19H17N5O4/c1-2-12-3-5-14(6-4-12)24-18(27)15(17(26)22-19(24)28)11-21-23-16(25)13-7-9-20-10-8-13/h3-11,27H,2H2,1H3,(H,23,25)(H,22,26,28)/b21-11-. The van der Waals surface area contributed by atoms with Gasteiger partial charge in [0.05, 0.1) is 11.9 Å². The zero-order valence-corrected chi connectivity index (χ0v) is 14.9. The van der Waals surface area contributed by atoms with Gasteiger partial charge in [0.15, 0.2) is 0 Å². The molecule has 0 bridgehead atoms. The molecule has 0 aliphatic carbocycles. The first-order valence-corrected chi connectivity index (χ1v) is 8.42. The number of carbonyl (C=O) groups is 1. The molecule has 9 nitrogen and oxygen atoms in total. The molecule has 0 saturated heterocycles. The number of carbonyl (C=O) groups excluding carboxylic acids is 1. The average Bonchev–Trinajstić information content (AvgIpc) is 2.71. The van der Waals surface area contributed by atoms with Crippen molar-refractivity contribution >= 4 is 12.1 Å². The van der Waals surface area contributed by atoms with Crippen molar-refractivity contribution in [3.05, 3.63) is 86.3 Å². The lowest BCUT2D eigenvalue weighted by atomic mass is 10.1. The molecule has 3 N–H and O–H groups in total. The first kappa shape index (κ1) is 18.8. The van der Waals surface area contributed by atoms with Crippen LogP contribution in [0.1, 0.15) is 28.4 Å². The Morgan fingerprint density at radius 1 is 1.21 bits per heavy atom. The van der Waals surface area contributed by atoms with Gasteiger partial charge in [-0.3, -0.25) is 19.6 Å². The van der Waals surface area contributed by atoms with Crippen LogP contribution in [0.25, 0.3) is 5.69 Å². The van der Waals surface area contributed by atoms with Gasteiger partial charge in [-0.15, -0.1) is 0 Å². The summed E-state index contributed by atoms with van der Waals surface area (Å²) in [7, 11) is 0. The van der Waals surface area contributed by atoms with Crippen molar-refractivity contribution in [2.24, 2.45) is 5.10 Å². The highest BCUT2D eigenvalue weighted by Crippen LogP contribution is 2.16. The van der Waals surface area contributed by atoms with Gasteiger partial charge >= 0.3 is 5.69 Å². The van der Waals surface area contributed by atoms with Crippen molar-refractivity contribution in [3.63, 3.8) is 0 Å². The van der Waals surface area contributed by atoms with Gasteiger partial charge in [0.25, 0.3) is 11.5 Å². The van der Waals surface area contributed by atoms with Gasteiger partial charge in [0, 0.05) is 18.0 Å². The molecule has 3 rings (SSSR count). The second-order valence-electron chi connectivity index (χ2n) is 5.79. The molecule has 0 radical (unpaired) electrons. The molecule has 28 heavy (non-hydrogen) atoms. The SMILES string of the molecule is CCc1ccc(-n2c(O)c(/C=N\NC(=O)c3ccncc3)c(=O)[nH]c2=O)cc1. The lowest BCUT2D eigenvalue weighted by Gasteiger charge is -2.10. The number of nitrogens with zero attached hydrogens (tertiary/aromatic N) is 3. The zero-order chi connectivity index (χ0) is 20.1. The van der Waals surface area contributed by atoms with E-state index in [1.807, 2.05) is 19.1 Å². The fraction of sp³-hybridized carbons (Fsp3) is 0.105. The molecule has 0 atom stereocenters. The van der Waals surface area contributed by atoms with E-state index in [0.717, 1.165) is 22.8 Å². The second-order valence-corrected chi connectivity index (χ2v) is 5.79. The van der Waals surface area contributed by atoms with Crippen LogP contribution >= 0.6 is 0 Å². The summed E-state index contributed by atoms with van der Waals surface area (Å²) in [6, 6.07) is 9.93. The molecule has 0 aliphatic heterocycles. The summed E-state index contributed by atoms with van der Waals surface area (Å²) in [4.78, 5) is 42.1. The van der Waals surface area contributed by atoms with Crippen molar-refractivity contribution in [2.75, 3.05) is 0 Å². The Bertz CT molecular complexity index is 1130. The number of hydrogen-bond acceptors (Lipinski definition) is 6. The third-order valence-electron chi connectivity index (χ3n) is 4.03. The molecule has 142 valence electrons. The van der Waals surface area contributed by atoms with Crippen LogP contribution in [-0.2, 0) is 6.42 Å². The number of hydrogen-bond donors (Lipinski definition) is 3. The minimum atomic E-state index is -0.828. The van der Waals surface area contributed by atoms with Crippen LogP contribution in [-0.4, -0.2) is 31.8 Å². The number of benzene rings is 1. The molecule has 2 heterocycles. The van der Waals surface area contributed by atoms with Crippen molar-refractivity contribution in [1.29, 1.82) is 0 Å². The van der Waals surface area contributed by atoms with Crippen molar-refractivity contribution in [2.45, 2.75) is 13.3 Å². The number of rotatable bonds is 5. The number of H-pyrrole nitrogens is 1. The van der Waals surface area contributed by atoms with Crippen molar-refractivity contribution in [3.8, 4) is 11.6 Å². The molecule has 9 heteroatoms. The predicted octanol–water partition coefficient (Wildman–Crippen LogP) is 0.953. The number of aromatic nitrogens is 3. The van der Waals surface area contributed by atoms with E-state index in [1.54, 1.807) is 12.1 Å². The van der Waals surface area contributed by atoms with Gasteiger partial charge in [-0.2, -0.15) is 5.10 Å². The fourth-order valence-corrected chi connectivity index (χ4v) is 2.50. The van der Waals surface area contributed by atoms with Gasteiger partial charge in [0.1, 0.15) is 5.56 Å². The Morgan fingerprint density at radius 2 is 1.89 bits per heavy atom. The van der Waals surface area contributed by atoms with E-state index >= 15 is 0 Å². The maximum Gasteiger partial charge on any atom is 0.335 e. The molecule has 1 aromatic carbocycles. The number of aromatic hydroxyl groups is 1. The van der Waals surface area contributed by atoms with E-state index in [9.17, 15) is 19.5 Å². The monoisotopic (exact) mass is 379 g/mol. The summed E-state index contributed by atoms with van der Waals surface area (Å²) in [6.45, 7) is 1.99. The van der Waals surface area contributed by atoms with Gasteiger partial charge in [-0.05, 0) is 36.2 Å². The van der Waals surface area contributed by atoms with Gasteiger partial charge in [0.2, 0.25) is 5.88 Å². The summed E-state index contributed by atoms with van der Waals surface area (Å²) in [5, 5.41) is 14.1. The van der Waals surface area contributed by atoms with Crippen molar-refractivity contribution < 1.29 is 9.90 Å². The summed E-state index contributed by atoms with van der Waals surface area (Å²) < 4.78 is 0.951. The average molecular weight is 379 g/mol. The zero-order valence-electron chi connectivity index (χ0n) is 14.9. The Balaban J connectivity index is 1.92. The Labute approximate surface area is 159 Å². The lowest BCUT2D eigenvalue weighted by Crippen LogP contribution is -2.31.